The van der Waals surface area contributed by atoms with Gasteiger partial charge in [-0.1, -0.05) is 26.2 Å². The summed E-state index contributed by atoms with van der Waals surface area (Å²) < 4.78 is 28.2. The number of rotatable bonds is 3. The summed E-state index contributed by atoms with van der Waals surface area (Å²) >= 11 is 3.11. The zero-order valence-electron chi connectivity index (χ0n) is 11.2. The van der Waals surface area contributed by atoms with E-state index in [9.17, 15) is 8.78 Å². The van der Waals surface area contributed by atoms with E-state index in [1.165, 1.54) is 18.6 Å². The zero-order valence-corrected chi connectivity index (χ0v) is 12.8. The van der Waals surface area contributed by atoms with Gasteiger partial charge in [0, 0.05) is 11.1 Å². The summed E-state index contributed by atoms with van der Waals surface area (Å²) in [7, 11) is 0. The first-order chi connectivity index (χ1) is 8.98. The minimum Gasteiger partial charge on any atom is -0.325 e. The van der Waals surface area contributed by atoms with Crippen LogP contribution >= 0.6 is 15.9 Å². The number of hydrogen-bond donors (Lipinski definition) is 1. The third kappa shape index (κ3) is 3.00. The van der Waals surface area contributed by atoms with E-state index < -0.39 is 17.2 Å². The quantitative estimate of drug-likeness (QED) is 0.807. The lowest BCUT2D eigenvalue weighted by Gasteiger charge is -2.41. The van der Waals surface area contributed by atoms with Gasteiger partial charge in [0.05, 0.1) is 4.47 Å². The molecule has 1 aromatic rings. The molecule has 0 spiro atoms. The molecule has 4 heteroatoms. The SMILES string of the molecule is CCC1CCCCC1(N)Cc1c(F)ccc(Br)c1F. The summed E-state index contributed by atoms with van der Waals surface area (Å²) in [4.78, 5) is 0. The Labute approximate surface area is 121 Å². The highest BCUT2D eigenvalue weighted by Gasteiger charge is 2.37. The second-order valence-corrected chi connectivity index (χ2v) is 6.44. The van der Waals surface area contributed by atoms with Crippen molar-refractivity contribution in [3.05, 3.63) is 33.8 Å². The molecule has 0 aromatic heterocycles. The summed E-state index contributed by atoms with van der Waals surface area (Å²) in [6.07, 6.45) is 5.36. The first-order valence-corrected chi connectivity index (χ1v) is 7.68. The molecule has 1 aromatic carbocycles. The Morgan fingerprint density at radius 2 is 2.11 bits per heavy atom. The number of halogens is 3. The highest BCUT2D eigenvalue weighted by Crippen LogP contribution is 2.37. The van der Waals surface area contributed by atoms with Crippen molar-refractivity contribution in [3.8, 4) is 0 Å². The van der Waals surface area contributed by atoms with Crippen molar-refractivity contribution in [1.82, 2.24) is 0 Å². The van der Waals surface area contributed by atoms with Gasteiger partial charge in [0.15, 0.2) is 0 Å². The number of nitrogens with two attached hydrogens (primary N) is 1. The topological polar surface area (TPSA) is 26.0 Å². The van der Waals surface area contributed by atoms with Gasteiger partial charge in [0.2, 0.25) is 0 Å². The Morgan fingerprint density at radius 1 is 1.37 bits per heavy atom. The maximum atomic E-state index is 14.1. The molecule has 1 aliphatic carbocycles. The molecule has 2 unspecified atom stereocenters. The molecule has 1 aliphatic rings. The molecule has 0 radical (unpaired) electrons. The van der Waals surface area contributed by atoms with Crippen molar-refractivity contribution in [2.24, 2.45) is 11.7 Å². The molecule has 2 rings (SSSR count). The molecule has 2 atom stereocenters. The molecule has 2 N–H and O–H groups in total. The fourth-order valence-electron chi connectivity index (χ4n) is 3.24. The van der Waals surface area contributed by atoms with E-state index in [1.54, 1.807) is 0 Å². The van der Waals surface area contributed by atoms with Gasteiger partial charge in [0.1, 0.15) is 11.6 Å². The molecule has 0 saturated heterocycles. The fraction of sp³-hybridized carbons (Fsp3) is 0.600. The molecular formula is C15H20BrF2N. The van der Waals surface area contributed by atoms with Crippen LogP contribution in [0.15, 0.2) is 16.6 Å². The summed E-state index contributed by atoms with van der Waals surface area (Å²) in [5.74, 6) is -0.657. The predicted molar refractivity (Wildman–Crippen MR) is 76.9 cm³/mol. The predicted octanol–water partition coefficient (Wildman–Crippen LogP) is 4.57. The molecule has 1 saturated carbocycles. The summed E-state index contributed by atoms with van der Waals surface area (Å²) in [6, 6.07) is 2.70. The minimum absolute atomic E-state index is 0.122. The molecule has 1 nitrogen and oxygen atoms in total. The van der Waals surface area contributed by atoms with Crippen molar-refractivity contribution in [1.29, 1.82) is 0 Å². The van der Waals surface area contributed by atoms with Crippen LogP contribution in [-0.2, 0) is 6.42 Å². The van der Waals surface area contributed by atoms with Crippen molar-refractivity contribution in [2.45, 2.75) is 51.0 Å². The average molecular weight is 332 g/mol. The molecule has 106 valence electrons. The van der Waals surface area contributed by atoms with Crippen LogP contribution in [0.5, 0.6) is 0 Å². The van der Waals surface area contributed by atoms with E-state index in [0.29, 0.717) is 10.4 Å². The molecule has 0 bridgehead atoms. The fourth-order valence-corrected chi connectivity index (χ4v) is 3.61. The monoisotopic (exact) mass is 331 g/mol. The molecule has 0 amide bonds. The highest BCUT2D eigenvalue weighted by molar-refractivity contribution is 9.10. The Morgan fingerprint density at radius 3 is 2.79 bits per heavy atom. The van der Waals surface area contributed by atoms with Crippen molar-refractivity contribution in [2.75, 3.05) is 0 Å². The van der Waals surface area contributed by atoms with E-state index >= 15 is 0 Å². The van der Waals surface area contributed by atoms with Crippen molar-refractivity contribution >= 4 is 15.9 Å². The van der Waals surface area contributed by atoms with E-state index in [4.69, 9.17) is 5.73 Å². The molecule has 0 heterocycles. The molecular weight excluding hydrogens is 312 g/mol. The molecule has 1 fully saturated rings. The van der Waals surface area contributed by atoms with Crippen LogP contribution in [0, 0.1) is 17.6 Å². The molecule has 19 heavy (non-hydrogen) atoms. The summed E-state index contributed by atoms with van der Waals surface area (Å²) in [5.41, 5.74) is 6.13. The van der Waals surface area contributed by atoms with Gasteiger partial charge in [-0.3, -0.25) is 0 Å². The van der Waals surface area contributed by atoms with Crippen LogP contribution in [0.25, 0.3) is 0 Å². The van der Waals surface area contributed by atoms with Crippen LogP contribution in [0.3, 0.4) is 0 Å². The van der Waals surface area contributed by atoms with Crippen LogP contribution in [0.2, 0.25) is 0 Å². The van der Waals surface area contributed by atoms with Crippen LogP contribution in [0.1, 0.15) is 44.6 Å². The van der Waals surface area contributed by atoms with Gasteiger partial charge >= 0.3 is 0 Å². The zero-order chi connectivity index (χ0) is 14.0. The van der Waals surface area contributed by atoms with Gasteiger partial charge in [-0.2, -0.15) is 0 Å². The molecule has 0 aliphatic heterocycles. The second kappa shape index (κ2) is 5.88. The van der Waals surface area contributed by atoms with E-state index in [2.05, 4.69) is 22.9 Å². The van der Waals surface area contributed by atoms with E-state index in [0.717, 1.165) is 25.7 Å². The Bertz CT molecular complexity index is 464. The van der Waals surface area contributed by atoms with Gasteiger partial charge in [-0.25, -0.2) is 8.78 Å². The minimum atomic E-state index is -0.509. The normalized spacial score (nSPS) is 27.5. The van der Waals surface area contributed by atoms with Crippen LogP contribution < -0.4 is 5.73 Å². The first kappa shape index (κ1) is 14.9. The third-order valence-corrected chi connectivity index (χ3v) is 5.01. The summed E-state index contributed by atoms with van der Waals surface area (Å²) in [5, 5.41) is 0. The second-order valence-electron chi connectivity index (χ2n) is 5.58. The van der Waals surface area contributed by atoms with Gasteiger partial charge in [0.25, 0.3) is 0 Å². The standard InChI is InChI=1S/C15H20BrF2N/c1-2-10-5-3-4-8-15(10,19)9-11-13(17)7-6-12(16)14(11)18/h6-7,10H,2-5,8-9,19H2,1H3. The lowest BCUT2D eigenvalue weighted by atomic mass is 9.69. The summed E-state index contributed by atoms with van der Waals surface area (Å²) in [6.45, 7) is 2.10. The average Bonchev–Trinajstić information content (AvgIpc) is 2.40. The van der Waals surface area contributed by atoms with Crippen LogP contribution in [0.4, 0.5) is 8.78 Å². The number of hydrogen-bond acceptors (Lipinski definition) is 1. The first-order valence-electron chi connectivity index (χ1n) is 6.89. The van der Waals surface area contributed by atoms with Crippen molar-refractivity contribution in [3.63, 3.8) is 0 Å². The van der Waals surface area contributed by atoms with Gasteiger partial charge in [-0.05, 0) is 53.2 Å². The smallest absolute Gasteiger partial charge is 0.143 e. The maximum absolute atomic E-state index is 14.1. The van der Waals surface area contributed by atoms with Gasteiger partial charge in [-0.15, -0.1) is 0 Å². The highest BCUT2D eigenvalue weighted by atomic mass is 79.9. The lowest BCUT2D eigenvalue weighted by molar-refractivity contribution is 0.179. The Balaban J connectivity index is 2.31. The van der Waals surface area contributed by atoms with Crippen LogP contribution in [-0.4, -0.2) is 5.54 Å². The third-order valence-electron chi connectivity index (χ3n) is 4.40. The largest absolute Gasteiger partial charge is 0.325 e. The van der Waals surface area contributed by atoms with E-state index in [-0.39, 0.29) is 12.0 Å². The van der Waals surface area contributed by atoms with E-state index in [1.807, 2.05) is 0 Å². The Kier molecular flexibility index (Phi) is 4.62. The lowest BCUT2D eigenvalue weighted by Crippen LogP contribution is -2.51. The maximum Gasteiger partial charge on any atom is 0.143 e. The van der Waals surface area contributed by atoms with Gasteiger partial charge < -0.3 is 5.73 Å². The van der Waals surface area contributed by atoms with Crippen molar-refractivity contribution < 1.29 is 8.78 Å². The number of benzene rings is 1. The Hall–Kier alpha value is -0.480.